The molecule has 0 saturated carbocycles. The van der Waals surface area contributed by atoms with Gasteiger partial charge >= 0.3 is 0 Å². The predicted octanol–water partition coefficient (Wildman–Crippen LogP) is 2.98. The van der Waals surface area contributed by atoms with Crippen LogP contribution in [0.4, 0.5) is 0 Å². The molecule has 29 heavy (non-hydrogen) atoms. The molecule has 2 aliphatic heterocycles. The molecule has 1 fully saturated rings. The van der Waals surface area contributed by atoms with Crippen LogP contribution in [-0.4, -0.2) is 64.4 Å². The number of guanidine groups is 1. The zero-order valence-corrected chi connectivity index (χ0v) is 20.7. The van der Waals surface area contributed by atoms with Crippen LogP contribution in [0.25, 0.3) is 0 Å². The van der Waals surface area contributed by atoms with E-state index in [0.717, 1.165) is 56.5 Å². The molecule has 8 heteroatoms. The monoisotopic (exact) mass is 517 g/mol. The third kappa shape index (κ3) is 8.03. The number of fused-ring (bicyclic) bond motifs is 1. The van der Waals surface area contributed by atoms with Crippen molar-refractivity contribution in [3.05, 3.63) is 11.6 Å². The minimum Gasteiger partial charge on any atom is -0.357 e. The smallest absolute Gasteiger partial charge is 0.191 e. The Bertz CT molecular complexity index is 610. The molecule has 3 heterocycles. The lowest BCUT2D eigenvalue weighted by Gasteiger charge is -2.26. The Morgan fingerprint density at radius 3 is 2.72 bits per heavy atom. The SMILES string of the molecule is CCNC(=NCCCCCN1CCCCC1)NC1CCc2nc(CC)nn2C1.I. The van der Waals surface area contributed by atoms with Crippen molar-refractivity contribution in [1.82, 2.24) is 30.3 Å². The van der Waals surface area contributed by atoms with Crippen molar-refractivity contribution in [3.8, 4) is 0 Å². The number of likely N-dealkylation sites (tertiary alicyclic amines) is 1. The van der Waals surface area contributed by atoms with Gasteiger partial charge in [-0.05, 0) is 58.7 Å². The number of aromatic nitrogens is 3. The number of nitrogens with zero attached hydrogens (tertiary/aromatic N) is 5. The van der Waals surface area contributed by atoms with E-state index < -0.39 is 0 Å². The van der Waals surface area contributed by atoms with Crippen molar-refractivity contribution in [3.63, 3.8) is 0 Å². The summed E-state index contributed by atoms with van der Waals surface area (Å²) in [5, 5.41) is 11.6. The van der Waals surface area contributed by atoms with Gasteiger partial charge in [0.15, 0.2) is 11.8 Å². The number of aryl methyl sites for hydroxylation is 2. The molecule has 0 spiro atoms. The van der Waals surface area contributed by atoms with Crippen molar-refractivity contribution in [2.24, 2.45) is 4.99 Å². The Labute approximate surface area is 193 Å². The first-order chi connectivity index (χ1) is 13.8. The summed E-state index contributed by atoms with van der Waals surface area (Å²) in [5.41, 5.74) is 0. The molecule has 7 nitrogen and oxygen atoms in total. The quantitative estimate of drug-likeness (QED) is 0.228. The first kappa shape index (κ1) is 24.4. The normalized spacial score (nSPS) is 20.1. The third-order valence-electron chi connectivity index (χ3n) is 5.75. The number of hydrogen-bond donors (Lipinski definition) is 2. The fraction of sp³-hybridized carbons (Fsp3) is 0.857. The maximum atomic E-state index is 4.80. The first-order valence-electron chi connectivity index (χ1n) is 11.5. The van der Waals surface area contributed by atoms with Crippen molar-refractivity contribution < 1.29 is 0 Å². The Kier molecular flexibility index (Phi) is 11.3. The van der Waals surface area contributed by atoms with Crippen LogP contribution in [0.2, 0.25) is 0 Å². The summed E-state index contributed by atoms with van der Waals surface area (Å²) in [6.45, 7) is 10.8. The molecule has 0 aliphatic carbocycles. The number of aliphatic imine (C=N–C) groups is 1. The van der Waals surface area contributed by atoms with Crippen molar-refractivity contribution >= 4 is 29.9 Å². The molecule has 0 radical (unpaired) electrons. The number of nitrogens with one attached hydrogen (secondary N) is 2. The van der Waals surface area contributed by atoms with Crippen LogP contribution in [0.1, 0.15) is 70.4 Å². The van der Waals surface area contributed by atoms with Gasteiger partial charge in [-0.1, -0.05) is 19.8 Å². The van der Waals surface area contributed by atoms with Crippen LogP contribution in [0.3, 0.4) is 0 Å². The fourth-order valence-electron chi connectivity index (χ4n) is 4.14. The van der Waals surface area contributed by atoms with Gasteiger partial charge in [0.05, 0.1) is 6.54 Å². The van der Waals surface area contributed by atoms with Gasteiger partial charge in [-0.15, -0.1) is 24.0 Å². The van der Waals surface area contributed by atoms with Gasteiger partial charge < -0.3 is 15.5 Å². The second-order valence-electron chi connectivity index (χ2n) is 8.08. The molecular weight excluding hydrogens is 477 g/mol. The van der Waals surface area contributed by atoms with E-state index in [0.29, 0.717) is 6.04 Å². The zero-order valence-electron chi connectivity index (χ0n) is 18.3. The maximum absolute atomic E-state index is 4.80. The molecular formula is C21H40IN7. The molecule has 1 unspecified atom stereocenters. The second-order valence-corrected chi connectivity index (χ2v) is 8.08. The van der Waals surface area contributed by atoms with E-state index in [1.807, 2.05) is 0 Å². The van der Waals surface area contributed by atoms with Crippen LogP contribution in [0, 0.1) is 0 Å². The predicted molar refractivity (Wildman–Crippen MR) is 130 cm³/mol. The van der Waals surface area contributed by atoms with E-state index in [2.05, 4.69) is 44.1 Å². The third-order valence-corrected chi connectivity index (χ3v) is 5.75. The minimum atomic E-state index is 0. The van der Waals surface area contributed by atoms with E-state index in [4.69, 9.17) is 4.99 Å². The fourth-order valence-corrected chi connectivity index (χ4v) is 4.14. The molecule has 1 atom stereocenters. The highest BCUT2D eigenvalue weighted by Gasteiger charge is 2.22. The van der Waals surface area contributed by atoms with Crippen LogP contribution in [0.5, 0.6) is 0 Å². The van der Waals surface area contributed by atoms with E-state index >= 15 is 0 Å². The van der Waals surface area contributed by atoms with Crippen LogP contribution in [0.15, 0.2) is 4.99 Å². The van der Waals surface area contributed by atoms with Crippen LogP contribution < -0.4 is 10.6 Å². The minimum absolute atomic E-state index is 0. The van der Waals surface area contributed by atoms with Crippen molar-refractivity contribution in [2.45, 2.75) is 84.2 Å². The lowest BCUT2D eigenvalue weighted by molar-refractivity contribution is 0.224. The van der Waals surface area contributed by atoms with Crippen LogP contribution >= 0.6 is 24.0 Å². The molecule has 166 valence electrons. The molecule has 3 rings (SSSR count). The molecule has 0 bridgehead atoms. The Morgan fingerprint density at radius 2 is 1.97 bits per heavy atom. The summed E-state index contributed by atoms with van der Waals surface area (Å²) in [5.74, 6) is 3.04. The topological polar surface area (TPSA) is 70.4 Å². The molecule has 1 aromatic rings. The largest absolute Gasteiger partial charge is 0.357 e. The van der Waals surface area contributed by atoms with Crippen molar-refractivity contribution in [2.75, 3.05) is 32.7 Å². The Morgan fingerprint density at radius 1 is 1.14 bits per heavy atom. The highest BCUT2D eigenvalue weighted by molar-refractivity contribution is 14.0. The Hall–Kier alpha value is -0.900. The Balaban J connectivity index is 0.00000300. The lowest BCUT2D eigenvalue weighted by Crippen LogP contribution is -2.47. The number of unbranched alkanes of at least 4 members (excludes halogenated alkanes) is 2. The van der Waals surface area contributed by atoms with Crippen molar-refractivity contribution in [1.29, 1.82) is 0 Å². The highest BCUT2D eigenvalue weighted by atomic mass is 127. The van der Waals surface area contributed by atoms with Gasteiger partial charge in [0.25, 0.3) is 0 Å². The number of piperidine rings is 1. The number of hydrogen-bond acceptors (Lipinski definition) is 4. The van der Waals surface area contributed by atoms with E-state index in [9.17, 15) is 0 Å². The van der Waals surface area contributed by atoms with Gasteiger partial charge in [0.2, 0.25) is 0 Å². The van der Waals surface area contributed by atoms with Gasteiger partial charge in [0.1, 0.15) is 5.82 Å². The van der Waals surface area contributed by atoms with E-state index in [-0.39, 0.29) is 24.0 Å². The van der Waals surface area contributed by atoms with Crippen LogP contribution in [-0.2, 0) is 19.4 Å². The summed E-state index contributed by atoms with van der Waals surface area (Å²) in [7, 11) is 0. The average Bonchev–Trinajstić information content (AvgIpc) is 3.14. The molecule has 0 aromatic carbocycles. The lowest BCUT2D eigenvalue weighted by atomic mass is 10.1. The maximum Gasteiger partial charge on any atom is 0.191 e. The molecule has 2 aliphatic rings. The van der Waals surface area contributed by atoms with Gasteiger partial charge in [-0.25, -0.2) is 9.67 Å². The van der Waals surface area contributed by atoms with Gasteiger partial charge in [0, 0.05) is 32.0 Å². The number of rotatable bonds is 9. The van der Waals surface area contributed by atoms with E-state index in [1.54, 1.807) is 0 Å². The molecule has 2 N–H and O–H groups in total. The second kappa shape index (κ2) is 13.4. The zero-order chi connectivity index (χ0) is 19.6. The summed E-state index contributed by atoms with van der Waals surface area (Å²) in [6, 6.07) is 0.371. The van der Waals surface area contributed by atoms with Gasteiger partial charge in [-0.3, -0.25) is 4.99 Å². The molecule has 1 aromatic heterocycles. The number of halogens is 1. The summed E-state index contributed by atoms with van der Waals surface area (Å²) < 4.78 is 2.07. The molecule has 0 amide bonds. The highest BCUT2D eigenvalue weighted by Crippen LogP contribution is 2.13. The molecule has 1 saturated heterocycles. The average molecular weight is 518 g/mol. The van der Waals surface area contributed by atoms with E-state index in [1.165, 1.54) is 58.2 Å². The summed E-state index contributed by atoms with van der Waals surface area (Å²) >= 11 is 0. The summed E-state index contributed by atoms with van der Waals surface area (Å²) in [6.07, 6.45) is 10.9. The first-order valence-corrected chi connectivity index (χ1v) is 11.5. The summed E-state index contributed by atoms with van der Waals surface area (Å²) in [4.78, 5) is 12.0. The standard InChI is InChI=1S/C21H39N7.HI/c1-3-19-25-20-12-11-18(17-28(20)26-19)24-21(22-4-2)23-13-7-5-8-14-27-15-9-6-10-16-27;/h18H,3-17H2,1-2H3,(H2,22,23,24);1H. The van der Waals surface area contributed by atoms with Gasteiger partial charge in [-0.2, -0.15) is 5.10 Å².